The van der Waals surface area contributed by atoms with Crippen LogP contribution in [0.25, 0.3) is 0 Å². The molecule has 1 fully saturated rings. The van der Waals surface area contributed by atoms with E-state index in [9.17, 15) is 22.8 Å². The molecule has 0 unspecified atom stereocenters. The van der Waals surface area contributed by atoms with Gasteiger partial charge in [-0.2, -0.15) is 13.2 Å². The Morgan fingerprint density at radius 1 is 1.16 bits per heavy atom. The molecule has 110 valence electrons. The summed E-state index contributed by atoms with van der Waals surface area (Å²) < 4.78 is 35.9. The summed E-state index contributed by atoms with van der Waals surface area (Å²) in [6.45, 7) is -1.43. The molecule has 1 aliphatic carbocycles. The first-order chi connectivity index (χ1) is 8.72. The summed E-state index contributed by atoms with van der Waals surface area (Å²) in [5.74, 6) is -1.07. The number of halogens is 3. The number of carbonyl (C=O) groups is 2. The summed E-state index contributed by atoms with van der Waals surface area (Å²) in [7, 11) is 0. The number of carboxylic acid groups (broad SMARTS) is 1. The van der Waals surface area contributed by atoms with Crippen molar-refractivity contribution in [3.05, 3.63) is 0 Å². The zero-order chi connectivity index (χ0) is 14.5. The molecule has 5 nitrogen and oxygen atoms in total. The van der Waals surface area contributed by atoms with Gasteiger partial charge < -0.3 is 15.7 Å². The van der Waals surface area contributed by atoms with Crippen LogP contribution in [0, 0.1) is 0 Å². The van der Waals surface area contributed by atoms with Crippen molar-refractivity contribution >= 4 is 12.0 Å². The lowest BCUT2D eigenvalue weighted by atomic mass is 9.79. The van der Waals surface area contributed by atoms with Gasteiger partial charge >= 0.3 is 18.2 Å². The van der Waals surface area contributed by atoms with Crippen molar-refractivity contribution in [2.24, 2.45) is 0 Å². The summed E-state index contributed by atoms with van der Waals surface area (Å²) in [6, 6.07) is -0.972. The van der Waals surface area contributed by atoms with Crippen LogP contribution >= 0.6 is 0 Å². The molecule has 0 saturated heterocycles. The molecule has 0 spiro atoms. The zero-order valence-corrected chi connectivity index (χ0v) is 10.3. The van der Waals surface area contributed by atoms with E-state index in [0.717, 1.165) is 19.3 Å². The Balaban J connectivity index is 2.57. The Morgan fingerprint density at radius 2 is 1.74 bits per heavy atom. The molecule has 0 bridgehead atoms. The van der Waals surface area contributed by atoms with Crippen molar-refractivity contribution in [3.8, 4) is 0 Å². The number of hydrogen-bond donors (Lipinski definition) is 3. The summed E-state index contributed by atoms with van der Waals surface area (Å²) in [5, 5.41) is 13.0. The first-order valence-electron chi connectivity index (χ1n) is 6.07. The number of hydrogen-bond acceptors (Lipinski definition) is 2. The van der Waals surface area contributed by atoms with Crippen LogP contribution in [0.3, 0.4) is 0 Å². The lowest BCUT2D eigenvalue weighted by Crippen LogP contribution is -2.55. The van der Waals surface area contributed by atoms with Crippen LogP contribution in [-0.4, -0.2) is 35.4 Å². The number of urea groups is 1. The smallest absolute Gasteiger partial charge is 0.405 e. The summed E-state index contributed by atoms with van der Waals surface area (Å²) in [6.07, 6.45) is -1.36. The third kappa shape index (κ3) is 5.80. The quantitative estimate of drug-likeness (QED) is 0.738. The van der Waals surface area contributed by atoms with E-state index in [1.807, 2.05) is 0 Å². The summed E-state index contributed by atoms with van der Waals surface area (Å²) >= 11 is 0. The van der Waals surface area contributed by atoms with Crippen LogP contribution in [0.4, 0.5) is 18.0 Å². The maximum absolute atomic E-state index is 12.0. The SMILES string of the molecule is O=C(O)CC1(NC(=O)NCC(F)(F)F)CCCCC1. The second-order valence-electron chi connectivity index (χ2n) is 4.83. The van der Waals surface area contributed by atoms with Crippen molar-refractivity contribution in [3.63, 3.8) is 0 Å². The van der Waals surface area contributed by atoms with Gasteiger partial charge in [0.2, 0.25) is 0 Å². The van der Waals surface area contributed by atoms with E-state index in [1.165, 1.54) is 0 Å². The van der Waals surface area contributed by atoms with E-state index in [4.69, 9.17) is 5.11 Å². The first-order valence-corrected chi connectivity index (χ1v) is 6.07. The fourth-order valence-electron chi connectivity index (χ4n) is 2.33. The Bertz CT molecular complexity index is 339. The maximum Gasteiger partial charge on any atom is 0.405 e. The zero-order valence-electron chi connectivity index (χ0n) is 10.3. The molecular weight excluding hydrogens is 265 g/mol. The van der Waals surface area contributed by atoms with Crippen LogP contribution < -0.4 is 10.6 Å². The Kier molecular flexibility index (Phi) is 5.02. The average molecular weight is 282 g/mol. The number of carbonyl (C=O) groups excluding carboxylic acids is 1. The molecule has 1 saturated carbocycles. The topological polar surface area (TPSA) is 78.4 Å². The minimum atomic E-state index is -4.48. The van der Waals surface area contributed by atoms with Gasteiger partial charge in [0.25, 0.3) is 0 Å². The number of carboxylic acids is 1. The van der Waals surface area contributed by atoms with Gasteiger partial charge in [0, 0.05) is 0 Å². The maximum atomic E-state index is 12.0. The third-order valence-electron chi connectivity index (χ3n) is 3.13. The molecule has 0 aromatic heterocycles. The molecule has 0 aromatic carbocycles. The van der Waals surface area contributed by atoms with Crippen molar-refractivity contribution in [1.29, 1.82) is 0 Å². The highest BCUT2D eigenvalue weighted by Gasteiger charge is 2.36. The van der Waals surface area contributed by atoms with Crippen LogP contribution in [-0.2, 0) is 4.79 Å². The average Bonchev–Trinajstić information content (AvgIpc) is 2.25. The largest absolute Gasteiger partial charge is 0.481 e. The van der Waals surface area contributed by atoms with Crippen LogP contribution in [0.2, 0.25) is 0 Å². The molecule has 2 amide bonds. The Hall–Kier alpha value is -1.47. The number of rotatable bonds is 4. The van der Waals surface area contributed by atoms with Crippen LogP contribution in [0.15, 0.2) is 0 Å². The molecule has 0 atom stereocenters. The lowest BCUT2D eigenvalue weighted by Gasteiger charge is -2.36. The molecule has 3 N–H and O–H groups in total. The highest BCUT2D eigenvalue weighted by molar-refractivity contribution is 5.76. The van der Waals surface area contributed by atoms with Crippen LogP contribution in [0.1, 0.15) is 38.5 Å². The molecule has 1 rings (SSSR count). The Morgan fingerprint density at radius 3 is 2.21 bits per heavy atom. The normalized spacial score (nSPS) is 18.7. The number of aliphatic carboxylic acids is 1. The number of amides is 2. The van der Waals surface area contributed by atoms with Crippen molar-refractivity contribution in [2.45, 2.75) is 50.2 Å². The second-order valence-corrected chi connectivity index (χ2v) is 4.83. The standard InChI is InChI=1S/C11H17F3N2O3/c12-11(13,14)7-15-9(19)16-10(6-8(17)18)4-2-1-3-5-10/h1-7H2,(H,17,18)(H2,15,16,19). The molecule has 0 heterocycles. The van der Waals surface area contributed by atoms with Crippen molar-refractivity contribution in [2.75, 3.05) is 6.54 Å². The van der Waals surface area contributed by atoms with Gasteiger partial charge in [-0.05, 0) is 12.8 Å². The monoisotopic (exact) mass is 282 g/mol. The van der Waals surface area contributed by atoms with Crippen molar-refractivity contribution < 1.29 is 27.9 Å². The van der Waals surface area contributed by atoms with E-state index >= 15 is 0 Å². The number of alkyl halides is 3. The van der Waals surface area contributed by atoms with E-state index in [1.54, 1.807) is 5.32 Å². The molecule has 0 aromatic rings. The second kappa shape index (κ2) is 6.12. The van der Waals surface area contributed by atoms with Gasteiger partial charge in [0.1, 0.15) is 6.54 Å². The van der Waals surface area contributed by atoms with Gasteiger partial charge in [0.05, 0.1) is 12.0 Å². The van der Waals surface area contributed by atoms with E-state index < -0.39 is 30.3 Å². The summed E-state index contributed by atoms with van der Waals surface area (Å²) in [4.78, 5) is 22.2. The fraction of sp³-hybridized carbons (Fsp3) is 0.818. The van der Waals surface area contributed by atoms with Crippen LogP contribution in [0.5, 0.6) is 0 Å². The molecule has 1 aliphatic rings. The van der Waals surface area contributed by atoms with E-state index in [0.29, 0.717) is 12.8 Å². The molecule has 0 radical (unpaired) electrons. The lowest BCUT2D eigenvalue weighted by molar-refractivity contribution is -0.139. The molecule has 19 heavy (non-hydrogen) atoms. The third-order valence-corrected chi connectivity index (χ3v) is 3.13. The molecule has 0 aliphatic heterocycles. The van der Waals surface area contributed by atoms with Crippen molar-refractivity contribution in [1.82, 2.24) is 10.6 Å². The number of nitrogens with one attached hydrogen (secondary N) is 2. The predicted octanol–water partition coefficient (Wildman–Crippen LogP) is 2.03. The van der Waals surface area contributed by atoms with Gasteiger partial charge in [-0.3, -0.25) is 4.79 Å². The minimum Gasteiger partial charge on any atom is -0.481 e. The highest BCUT2D eigenvalue weighted by atomic mass is 19.4. The van der Waals surface area contributed by atoms with E-state index in [2.05, 4.69) is 5.32 Å². The minimum absolute atomic E-state index is 0.271. The van der Waals surface area contributed by atoms with Gasteiger partial charge in [-0.15, -0.1) is 0 Å². The first kappa shape index (κ1) is 15.6. The summed E-state index contributed by atoms with van der Waals surface area (Å²) in [5.41, 5.74) is -0.931. The fourth-order valence-corrected chi connectivity index (χ4v) is 2.33. The van der Waals surface area contributed by atoms with Gasteiger partial charge in [-0.1, -0.05) is 19.3 Å². The Labute approximate surface area is 108 Å². The van der Waals surface area contributed by atoms with Gasteiger partial charge in [-0.25, -0.2) is 4.79 Å². The van der Waals surface area contributed by atoms with E-state index in [-0.39, 0.29) is 6.42 Å². The molecular formula is C11H17F3N2O3. The highest BCUT2D eigenvalue weighted by Crippen LogP contribution is 2.31. The predicted molar refractivity (Wildman–Crippen MR) is 60.7 cm³/mol. The van der Waals surface area contributed by atoms with Gasteiger partial charge in [0.15, 0.2) is 0 Å². The molecule has 8 heteroatoms.